The molecule has 0 aromatic carbocycles. The summed E-state index contributed by atoms with van der Waals surface area (Å²) in [5.74, 6) is 0. The fraction of sp³-hybridized carbons (Fsp3) is 1.00. The Labute approximate surface area is 164 Å². The van der Waals surface area contributed by atoms with Gasteiger partial charge in [-0.15, -0.1) is 0 Å². The van der Waals surface area contributed by atoms with Crippen molar-refractivity contribution < 1.29 is 35.4 Å². The summed E-state index contributed by atoms with van der Waals surface area (Å²) in [5.41, 5.74) is -4.46. The van der Waals surface area contributed by atoms with E-state index in [-0.39, 0.29) is 39.3 Å². The van der Waals surface area contributed by atoms with Crippen molar-refractivity contribution >= 4 is 0 Å². The SMILES string of the molecule is CC(C)(CO)COC(CC(C)(C)CO)(CC(C)(C)CO)C(CO)(CO)CO. The molecule has 0 atom stereocenters. The molecule has 0 fully saturated rings. The molecule has 0 aromatic rings. The lowest BCUT2D eigenvalue weighted by Gasteiger charge is -2.54. The molecule has 164 valence electrons. The van der Waals surface area contributed by atoms with E-state index in [9.17, 15) is 30.6 Å². The van der Waals surface area contributed by atoms with Gasteiger partial charge < -0.3 is 35.4 Å². The maximum absolute atomic E-state index is 10.2. The monoisotopic (exact) mass is 394 g/mol. The Bertz CT molecular complexity index is 402. The number of ether oxygens (including phenoxy) is 1. The van der Waals surface area contributed by atoms with E-state index in [4.69, 9.17) is 4.74 Å². The number of aliphatic hydroxyl groups is 6. The molecule has 0 aliphatic rings. The van der Waals surface area contributed by atoms with Gasteiger partial charge in [-0.05, 0) is 23.7 Å². The molecule has 6 N–H and O–H groups in total. The third-order valence-corrected chi connectivity index (χ3v) is 5.43. The Balaban J connectivity index is 6.42. The van der Waals surface area contributed by atoms with Crippen LogP contribution < -0.4 is 0 Å². The molecule has 0 unspecified atom stereocenters. The number of aliphatic hydroxyl groups excluding tert-OH is 6. The summed E-state index contributed by atoms with van der Waals surface area (Å²) >= 11 is 0. The second-order valence-corrected chi connectivity index (χ2v) is 10.4. The zero-order chi connectivity index (χ0) is 21.6. The van der Waals surface area contributed by atoms with Crippen LogP contribution in [0.5, 0.6) is 0 Å². The molecule has 7 heteroatoms. The average molecular weight is 395 g/mol. The predicted molar refractivity (Wildman–Crippen MR) is 104 cm³/mol. The minimum absolute atomic E-state index is 0.119. The van der Waals surface area contributed by atoms with E-state index in [2.05, 4.69) is 0 Å². The van der Waals surface area contributed by atoms with Crippen molar-refractivity contribution in [2.75, 3.05) is 46.2 Å². The van der Waals surface area contributed by atoms with Crippen molar-refractivity contribution in [1.82, 2.24) is 0 Å². The highest BCUT2D eigenvalue weighted by atomic mass is 16.5. The first-order valence-electron chi connectivity index (χ1n) is 9.53. The van der Waals surface area contributed by atoms with E-state index >= 15 is 0 Å². The van der Waals surface area contributed by atoms with Gasteiger partial charge in [0.15, 0.2) is 0 Å². The number of rotatable bonds is 14. The van der Waals surface area contributed by atoms with E-state index < -0.39 is 47.1 Å². The Morgan fingerprint density at radius 2 is 0.852 bits per heavy atom. The van der Waals surface area contributed by atoms with E-state index in [1.54, 1.807) is 0 Å². The van der Waals surface area contributed by atoms with E-state index in [0.29, 0.717) is 0 Å². The van der Waals surface area contributed by atoms with E-state index in [1.165, 1.54) is 0 Å². The first kappa shape index (κ1) is 26.7. The third-order valence-electron chi connectivity index (χ3n) is 5.43. The quantitative estimate of drug-likeness (QED) is 0.253. The molecule has 0 rings (SSSR count). The Kier molecular flexibility index (Phi) is 9.86. The number of hydrogen-bond donors (Lipinski definition) is 6. The maximum Gasteiger partial charge on any atom is 0.0816 e. The Morgan fingerprint density at radius 3 is 1.11 bits per heavy atom. The topological polar surface area (TPSA) is 131 Å². The fourth-order valence-electron chi connectivity index (χ4n) is 3.31. The lowest BCUT2D eigenvalue weighted by molar-refractivity contribution is -0.229. The standard InChI is InChI=1S/C20H42O7/c1-16(2,9-21)7-20(8-17(3,4)10-22,19(12-24,13-25)14-26)27-15-18(5,6)11-23/h21-26H,7-15H2,1-6H3. The summed E-state index contributed by atoms with van der Waals surface area (Å²) in [7, 11) is 0. The Hall–Kier alpha value is -0.280. The molecule has 0 aromatic heterocycles. The van der Waals surface area contributed by atoms with Crippen LogP contribution in [0.2, 0.25) is 0 Å². The van der Waals surface area contributed by atoms with Gasteiger partial charge in [-0.3, -0.25) is 0 Å². The van der Waals surface area contributed by atoms with Crippen LogP contribution in [-0.4, -0.2) is 82.5 Å². The highest BCUT2D eigenvalue weighted by Crippen LogP contribution is 2.49. The maximum atomic E-state index is 10.2. The molecule has 7 nitrogen and oxygen atoms in total. The average Bonchev–Trinajstić information content (AvgIpc) is 2.61. The van der Waals surface area contributed by atoms with Crippen molar-refractivity contribution in [2.24, 2.45) is 21.7 Å². The third kappa shape index (κ3) is 6.92. The fourth-order valence-corrected chi connectivity index (χ4v) is 3.31. The van der Waals surface area contributed by atoms with Crippen LogP contribution >= 0.6 is 0 Å². The second kappa shape index (κ2) is 9.96. The molecule has 0 saturated carbocycles. The first-order valence-corrected chi connectivity index (χ1v) is 9.53. The van der Waals surface area contributed by atoms with Gasteiger partial charge in [0.05, 0.1) is 44.1 Å². The zero-order valence-corrected chi connectivity index (χ0v) is 18.0. The molecule has 0 aliphatic carbocycles. The minimum Gasteiger partial charge on any atom is -0.396 e. The van der Waals surface area contributed by atoms with Gasteiger partial charge in [-0.2, -0.15) is 0 Å². The van der Waals surface area contributed by atoms with Crippen molar-refractivity contribution in [2.45, 2.75) is 60.0 Å². The lowest BCUT2D eigenvalue weighted by Crippen LogP contribution is -2.61. The van der Waals surface area contributed by atoms with Gasteiger partial charge >= 0.3 is 0 Å². The summed E-state index contributed by atoms with van der Waals surface area (Å²) in [5, 5.41) is 59.8. The zero-order valence-electron chi connectivity index (χ0n) is 18.0. The molecule has 0 bridgehead atoms. The van der Waals surface area contributed by atoms with Gasteiger partial charge in [0.2, 0.25) is 0 Å². The summed E-state index contributed by atoms with van der Waals surface area (Å²) in [4.78, 5) is 0. The molecular weight excluding hydrogens is 352 g/mol. The summed E-state index contributed by atoms with van der Waals surface area (Å²) < 4.78 is 6.34. The minimum atomic E-state index is -1.39. The molecule has 0 spiro atoms. The van der Waals surface area contributed by atoms with Crippen LogP contribution in [0.1, 0.15) is 54.4 Å². The molecular formula is C20H42O7. The van der Waals surface area contributed by atoms with Gasteiger partial charge in [-0.1, -0.05) is 41.5 Å². The summed E-state index contributed by atoms with van der Waals surface area (Å²) in [6.45, 7) is 9.11. The smallest absolute Gasteiger partial charge is 0.0816 e. The largest absolute Gasteiger partial charge is 0.396 e. The molecule has 0 amide bonds. The Morgan fingerprint density at radius 1 is 0.519 bits per heavy atom. The van der Waals surface area contributed by atoms with Crippen molar-refractivity contribution in [3.8, 4) is 0 Å². The summed E-state index contributed by atoms with van der Waals surface area (Å²) in [6.07, 6.45) is 0.478. The van der Waals surface area contributed by atoms with Crippen LogP contribution in [0.15, 0.2) is 0 Å². The molecule has 0 saturated heterocycles. The summed E-state index contributed by atoms with van der Waals surface area (Å²) in [6, 6.07) is 0. The van der Waals surface area contributed by atoms with E-state index in [0.717, 1.165) is 0 Å². The van der Waals surface area contributed by atoms with Crippen molar-refractivity contribution in [3.05, 3.63) is 0 Å². The van der Waals surface area contributed by atoms with Gasteiger partial charge in [0.25, 0.3) is 0 Å². The lowest BCUT2D eigenvalue weighted by atomic mass is 9.60. The molecule has 0 heterocycles. The van der Waals surface area contributed by atoms with Gasteiger partial charge in [0, 0.05) is 18.6 Å². The van der Waals surface area contributed by atoms with Crippen molar-refractivity contribution in [1.29, 1.82) is 0 Å². The van der Waals surface area contributed by atoms with Crippen LogP contribution in [-0.2, 0) is 4.74 Å². The van der Waals surface area contributed by atoms with Crippen LogP contribution in [0.4, 0.5) is 0 Å². The van der Waals surface area contributed by atoms with Crippen LogP contribution in [0, 0.1) is 21.7 Å². The number of hydrogen-bond acceptors (Lipinski definition) is 7. The predicted octanol–water partition coefficient (Wildman–Crippen LogP) is 0.541. The molecule has 0 aliphatic heterocycles. The van der Waals surface area contributed by atoms with E-state index in [1.807, 2.05) is 41.5 Å². The van der Waals surface area contributed by atoms with Gasteiger partial charge in [0.1, 0.15) is 0 Å². The molecule has 0 radical (unpaired) electrons. The highest BCUT2D eigenvalue weighted by molar-refractivity contribution is 5.05. The highest BCUT2D eigenvalue weighted by Gasteiger charge is 2.56. The molecule has 27 heavy (non-hydrogen) atoms. The van der Waals surface area contributed by atoms with Gasteiger partial charge in [-0.25, -0.2) is 0 Å². The normalized spacial score (nSPS) is 14.7. The van der Waals surface area contributed by atoms with Crippen LogP contribution in [0.3, 0.4) is 0 Å². The van der Waals surface area contributed by atoms with Crippen molar-refractivity contribution in [3.63, 3.8) is 0 Å². The second-order valence-electron chi connectivity index (χ2n) is 10.4. The first-order chi connectivity index (χ1) is 12.2. The van der Waals surface area contributed by atoms with Crippen LogP contribution in [0.25, 0.3) is 0 Å².